The average molecular weight is 315 g/mol. The van der Waals surface area contributed by atoms with Crippen molar-refractivity contribution in [2.75, 3.05) is 17.2 Å². The van der Waals surface area contributed by atoms with Gasteiger partial charge in [-0.1, -0.05) is 17.7 Å². The summed E-state index contributed by atoms with van der Waals surface area (Å²) >= 11 is 7.69. The zero-order valence-corrected chi connectivity index (χ0v) is 12.8. The first kappa shape index (κ1) is 14.5. The number of nitrogens with zero attached hydrogens (tertiary/aromatic N) is 1. The molecular formula is C14H16Cl2N2S. The predicted octanol–water partition coefficient (Wildman–Crippen LogP) is 4.36. The molecule has 2 aromatic rings. The van der Waals surface area contributed by atoms with Crippen LogP contribution in [0.15, 0.2) is 29.6 Å². The van der Waals surface area contributed by atoms with Crippen molar-refractivity contribution in [1.29, 1.82) is 0 Å². The van der Waals surface area contributed by atoms with Gasteiger partial charge in [-0.2, -0.15) is 0 Å². The van der Waals surface area contributed by atoms with Crippen LogP contribution >= 0.6 is 35.3 Å². The van der Waals surface area contributed by atoms with Gasteiger partial charge in [0.15, 0.2) is 0 Å². The van der Waals surface area contributed by atoms with Crippen molar-refractivity contribution < 1.29 is 0 Å². The molecule has 2 N–H and O–H groups in total. The molecule has 0 fully saturated rings. The lowest BCUT2D eigenvalue weighted by atomic mass is 10.00. The second-order valence-electron chi connectivity index (χ2n) is 4.60. The summed E-state index contributed by atoms with van der Waals surface area (Å²) in [5.74, 6) is 0. The molecule has 1 aromatic carbocycles. The van der Waals surface area contributed by atoms with Gasteiger partial charge in [-0.3, -0.25) is 0 Å². The van der Waals surface area contributed by atoms with Crippen LogP contribution in [0.25, 0.3) is 0 Å². The molecule has 2 heterocycles. The van der Waals surface area contributed by atoms with Crippen molar-refractivity contribution in [2.45, 2.75) is 19.4 Å². The van der Waals surface area contributed by atoms with E-state index in [2.05, 4.69) is 11.0 Å². The van der Waals surface area contributed by atoms with Gasteiger partial charge in [0.1, 0.15) is 0 Å². The first-order valence-corrected chi connectivity index (χ1v) is 7.35. The monoisotopic (exact) mass is 314 g/mol. The van der Waals surface area contributed by atoms with E-state index in [-0.39, 0.29) is 12.4 Å². The van der Waals surface area contributed by atoms with Crippen LogP contribution < -0.4 is 10.6 Å². The Hall–Kier alpha value is -0.900. The fourth-order valence-corrected chi connectivity index (χ4v) is 3.60. The lowest BCUT2D eigenvalue weighted by Crippen LogP contribution is -2.28. The van der Waals surface area contributed by atoms with Crippen LogP contribution in [-0.4, -0.2) is 6.54 Å². The largest absolute Gasteiger partial charge is 0.398 e. The third-order valence-corrected chi connectivity index (χ3v) is 4.62. The second kappa shape index (κ2) is 6.04. The average Bonchev–Trinajstić information content (AvgIpc) is 2.76. The molecule has 1 aromatic heterocycles. The minimum atomic E-state index is 0. The third kappa shape index (κ3) is 2.99. The highest BCUT2D eigenvalue weighted by Gasteiger charge is 2.18. The van der Waals surface area contributed by atoms with Crippen LogP contribution in [0.3, 0.4) is 0 Å². The van der Waals surface area contributed by atoms with Crippen LogP contribution in [0.2, 0.25) is 5.02 Å². The molecule has 102 valence electrons. The summed E-state index contributed by atoms with van der Waals surface area (Å²) in [4.78, 5) is 3.70. The van der Waals surface area contributed by atoms with Gasteiger partial charge in [-0.25, -0.2) is 0 Å². The van der Waals surface area contributed by atoms with Gasteiger partial charge in [0.25, 0.3) is 0 Å². The van der Waals surface area contributed by atoms with Gasteiger partial charge in [-0.15, -0.1) is 23.7 Å². The number of halogens is 2. The van der Waals surface area contributed by atoms with Crippen molar-refractivity contribution in [2.24, 2.45) is 0 Å². The molecular weight excluding hydrogens is 299 g/mol. The zero-order chi connectivity index (χ0) is 12.5. The van der Waals surface area contributed by atoms with Crippen LogP contribution in [0.1, 0.15) is 16.9 Å². The topological polar surface area (TPSA) is 29.3 Å². The highest BCUT2D eigenvalue weighted by Crippen LogP contribution is 2.33. The van der Waals surface area contributed by atoms with Crippen molar-refractivity contribution in [3.05, 3.63) is 45.1 Å². The smallest absolute Gasteiger partial charge is 0.0523 e. The van der Waals surface area contributed by atoms with Crippen LogP contribution in [-0.2, 0) is 13.0 Å². The molecule has 0 aliphatic carbocycles. The van der Waals surface area contributed by atoms with E-state index in [1.165, 1.54) is 22.5 Å². The first-order valence-electron chi connectivity index (χ1n) is 6.09. The normalized spacial score (nSPS) is 13.8. The zero-order valence-electron chi connectivity index (χ0n) is 10.4. The Morgan fingerprint density at radius 3 is 2.95 bits per heavy atom. The minimum absolute atomic E-state index is 0. The molecule has 0 unspecified atom stereocenters. The maximum atomic E-state index is 6.06. The lowest BCUT2D eigenvalue weighted by molar-refractivity contribution is 0.696. The number of hydrogen-bond donors (Lipinski definition) is 1. The molecule has 0 saturated heterocycles. The van der Waals surface area contributed by atoms with Crippen LogP contribution in [0.4, 0.5) is 11.4 Å². The van der Waals surface area contributed by atoms with E-state index in [1.54, 1.807) is 11.3 Å². The summed E-state index contributed by atoms with van der Waals surface area (Å²) in [5, 5.41) is 2.82. The third-order valence-electron chi connectivity index (χ3n) is 3.35. The molecule has 0 radical (unpaired) electrons. The van der Waals surface area contributed by atoms with E-state index in [0.29, 0.717) is 0 Å². The van der Waals surface area contributed by atoms with Gasteiger partial charge in [-0.05, 0) is 36.6 Å². The summed E-state index contributed by atoms with van der Waals surface area (Å²) in [5.41, 5.74) is 9.55. The Morgan fingerprint density at radius 1 is 1.37 bits per heavy atom. The molecule has 1 aliphatic heterocycles. The number of hydrogen-bond acceptors (Lipinski definition) is 3. The fraction of sp³-hybridized carbons (Fsp3) is 0.286. The van der Waals surface area contributed by atoms with E-state index in [4.69, 9.17) is 17.3 Å². The lowest BCUT2D eigenvalue weighted by Gasteiger charge is -2.31. The Balaban J connectivity index is 0.00000133. The maximum absolute atomic E-state index is 6.06. The summed E-state index contributed by atoms with van der Waals surface area (Å²) in [6, 6.07) is 8.24. The number of thiophene rings is 1. The number of nitrogen functional groups attached to an aromatic ring is 1. The maximum Gasteiger partial charge on any atom is 0.0523 e. The molecule has 0 bridgehead atoms. The molecule has 5 heteroatoms. The van der Waals surface area contributed by atoms with Crippen LogP contribution in [0, 0.1) is 0 Å². The fourth-order valence-electron chi connectivity index (χ4n) is 2.52. The number of rotatable bonds is 2. The predicted molar refractivity (Wildman–Crippen MR) is 86.8 cm³/mol. The Bertz CT molecular complexity index is 568. The van der Waals surface area contributed by atoms with E-state index in [9.17, 15) is 0 Å². The number of anilines is 2. The van der Waals surface area contributed by atoms with Crippen molar-refractivity contribution in [3.63, 3.8) is 0 Å². The Kier molecular flexibility index (Phi) is 4.61. The number of fused-ring (bicyclic) bond motifs is 1. The van der Waals surface area contributed by atoms with E-state index in [0.717, 1.165) is 30.2 Å². The summed E-state index contributed by atoms with van der Waals surface area (Å²) in [7, 11) is 0. The van der Waals surface area contributed by atoms with Gasteiger partial charge < -0.3 is 10.6 Å². The van der Waals surface area contributed by atoms with Crippen molar-refractivity contribution >= 4 is 46.7 Å². The molecule has 3 rings (SSSR count). The van der Waals surface area contributed by atoms with Gasteiger partial charge in [0.2, 0.25) is 0 Å². The van der Waals surface area contributed by atoms with E-state index >= 15 is 0 Å². The standard InChI is InChI=1S/C14H15ClN2S.ClH/c15-10-7-11(18-9-10)8-17-6-2-3-12-13(16)4-1-5-14(12)17;/h1,4-5,7,9H,2-3,6,8,16H2;1H. The molecule has 0 atom stereocenters. The molecule has 2 nitrogen and oxygen atoms in total. The van der Waals surface area contributed by atoms with Gasteiger partial charge in [0, 0.05) is 28.2 Å². The van der Waals surface area contributed by atoms with E-state index in [1.807, 2.05) is 23.6 Å². The summed E-state index contributed by atoms with van der Waals surface area (Å²) in [6.45, 7) is 2.01. The molecule has 0 spiro atoms. The number of nitrogens with two attached hydrogens (primary N) is 1. The van der Waals surface area contributed by atoms with E-state index < -0.39 is 0 Å². The highest BCUT2D eigenvalue weighted by atomic mass is 35.5. The molecule has 1 aliphatic rings. The Morgan fingerprint density at radius 2 is 2.21 bits per heavy atom. The quantitative estimate of drug-likeness (QED) is 0.834. The van der Waals surface area contributed by atoms with Gasteiger partial charge in [0.05, 0.1) is 11.6 Å². The minimum Gasteiger partial charge on any atom is -0.398 e. The SMILES string of the molecule is Cl.Nc1cccc2c1CCCN2Cc1cc(Cl)cs1. The van der Waals surface area contributed by atoms with Crippen molar-refractivity contribution in [1.82, 2.24) is 0 Å². The molecule has 0 amide bonds. The van der Waals surface area contributed by atoms with Crippen LogP contribution in [0.5, 0.6) is 0 Å². The number of benzene rings is 1. The summed E-state index contributed by atoms with van der Waals surface area (Å²) < 4.78 is 0. The molecule has 19 heavy (non-hydrogen) atoms. The Labute approximate surface area is 128 Å². The van der Waals surface area contributed by atoms with Gasteiger partial charge >= 0.3 is 0 Å². The first-order chi connectivity index (χ1) is 8.74. The molecule has 0 saturated carbocycles. The van der Waals surface area contributed by atoms with Crippen molar-refractivity contribution in [3.8, 4) is 0 Å². The highest BCUT2D eigenvalue weighted by molar-refractivity contribution is 7.10. The summed E-state index contributed by atoms with van der Waals surface area (Å²) in [6.07, 6.45) is 2.25. The second-order valence-corrected chi connectivity index (χ2v) is 6.03.